The summed E-state index contributed by atoms with van der Waals surface area (Å²) in [5.74, 6) is 5.42. The Morgan fingerprint density at radius 2 is 1.32 bits per heavy atom. The maximum Gasteiger partial charge on any atom is 0.132 e. The fourth-order valence-electron chi connectivity index (χ4n) is 5.25. The van der Waals surface area contributed by atoms with E-state index in [2.05, 4.69) is 0 Å². The lowest BCUT2D eigenvalue weighted by Crippen LogP contribution is -2.44. The Kier molecular flexibility index (Phi) is 2.42. The Bertz CT molecular complexity index is 472. The summed E-state index contributed by atoms with van der Waals surface area (Å²) in [6, 6.07) is 0. The summed E-state index contributed by atoms with van der Waals surface area (Å²) < 4.78 is 0. The number of anilines is 1. The number of aryl methyl sites for hydroxylation is 2. The number of rotatable bonds is 1. The van der Waals surface area contributed by atoms with Crippen LogP contribution in [0.1, 0.15) is 55.2 Å². The molecule has 1 aromatic heterocycles. The van der Waals surface area contributed by atoms with Crippen molar-refractivity contribution >= 4 is 5.69 Å². The van der Waals surface area contributed by atoms with Gasteiger partial charge in [-0.05, 0) is 69.6 Å². The lowest BCUT2D eigenvalue weighted by Gasteiger charge is -2.53. The summed E-state index contributed by atoms with van der Waals surface area (Å²) in [5.41, 5.74) is 8.71. The molecule has 0 unspecified atom stereocenters. The van der Waals surface area contributed by atoms with Crippen molar-refractivity contribution < 1.29 is 0 Å². The molecule has 4 aliphatic carbocycles. The van der Waals surface area contributed by atoms with Crippen LogP contribution in [0.25, 0.3) is 0 Å². The van der Waals surface area contributed by atoms with Crippen LogP contribution < -0.4 is 5.73 Å². The van der Waals surface area contributed by atoms with Crippen LogP contribution in [0.15, 0.2) is 0 Å². The molecule has 0 spiro atoms. The van der Waals surface area contributed by atoms with Crippen LogP contribution in [-0.4, -0.2) is 9.97 Å². The fourth-order valence-corrected chi connectivity index (χ4v) is 5.25. The van der Waals surface area contributed by atoms with E-state index in [-0.39, 0.29) is 0 Å². The van der Waals surface area contributed by atoms with E-state index in [1.807, 2.05) is 13.8 Å². The molecule has 4 bridgehead atoms. The van der Waals surface area contributed by atoms with Crippen molar-refractivity contribution in [2.75, 3.05) is 5.73 Å². The summed E-state index contributed by atoms with van der Waals surface area (Å²) in [4.78, 5) is 9.49. The highest BCUT2D eigenvalue weighted by molar-refractivity contribution is 5.46. The first kappa shape index (κ1) is 11.7. The van der Waals surface area contributed by atoms with Gasteiger partial charge in [0.05, 0.1) is 17.1 Å². The molecule has 0 radical (unpaired) electrons. The zero-order chi connectivity index (χ0) is 13.1. The van der Waals surface area contributed by atoms with Crippen LogP contribution in [0.2, 0.25) is 0 Å². The lowest BCUT2D eigenvalue weighted by molar-refractivity contribution is -0.00573. The molecule has 5 rings (SSSR count). The van der Waals surface area contributed by atoms with Crippen LogP contribution in [0.5, 0.6) is 0 Å². The zero-order valence-electron chi connectivity index (χ0n) is 11.9. The van der Waals surface area contributed by atoms with Gasteiger partial charge < -0.3 is 5.73 Å². The normalized spacial score (nSPS) is 39.8. The maximum atomic E-state index is 6.00. The summed E-state index contributed by atoms with van der Waals surface area (Å²) >= 11 is 0. The van der Waals surface area contributed by atoms with E-state index in [4.69, 9.17) is 15.7 Å². The van der Waals surface area contributed by atoms with Gasteiger partial charge in [0.2, 0.25) is 0 Å². The molecule has 4 fully saturated rings. The average molecular weight is 257 g/mol. The van der Waals surface area contributed by atoms with Gasteiger partial charge in [0.1, 0.15) is 5.82 Å². The van der Waals surface area contributed by atoms with Gasteiger partial charge >= 0.3 is 0 Å². The highest BCUT2D eigenvalue weighted by Gasteiger charge is 2.49. The number of nitrogens with two attached hydrogens (primary N) is 1. The van der Waals surface area contributed by atoms with Crippen molar-refractivity contribution in [3.8, 4) is 0 Å². The van der Waals surface area contributed by atoms with Crippen molar-refractivity contribution in [1.29, 1.82) is 0 Å². The number of hydrogen-bond acceptors (Lipinski definition) is 3. The van der Waals surface area contributed by atoms with E-state index in [0.717, 1.165) is 46.6 Å². The Labute approximate surface area is 115 Å². The second-order valence-corrected chi connectivity index (χ2v) is 7.12. The molecule has 4 saturated carbocycles. The SMILES string of the molecule is Cc1nc(C2C3CC4CC(C3)CC2C4)nc(C)c1N. The van der Waals surface area contributed by atoms with Crippen molar-refractivity contribution in [2.24, 2.45) is 23.7 Å². The van der Waals surface area contributed by atoms with E-state index in [1.54, 1.807) is 0 Å². The van der Waals surface area contributed by atoms with E-state index in [0.29, 0.717) is 5.92 Å². The number of aromatic nitrogens is 2. The molecular formula is C16H23N3. The van der Waals surface area contributed by atoms with Crippen molar-refractivity contribution in [1.82, 2.24) is 9.97 Å². The Balaban J connectivity index is 1.73. The van der Waals surface area contributed by atoms with Crippen LogP contribution in [0, 0.1) is 37.5 Å². The van der Waals surface area contributed by atoms with Crippen molar-refractivity contribution in [3.05, 3.63) is 17.2 Å². The second kappa shape index (κ2) is 3.94. The predicted molar refractivity (Wildman–Crippen MR) is 75.7 cm³/mol. The van der Waals surface area contributed by atoms with Gasteiger partial charge in [-0.1, -0.05) is 0 Å². The van der Waals surface area contributed by atoms with Crippen LogP contribution in [-0.2, 0) is 0 Å². The summed E-state index contributed by atoms with van der Waals surface area (Å²) in [5, 5.41) is 0. The quantitative estimate of drug-likeness (QED) is 0.840. The first-order valence-electron chi connectivity index (χ1n) is 7.72. The molecule has 19 heavy (non-hydrogen) atoms. The lowest BCUT2D eigenvalue weighted by atomic mass is 9.51. The standard InChI is InChI=1S/C16H23N3/c1-8-15(17)9(2)19-16(18-8)14-12-4-10-3-11(6-12)7-13(14)5-10/h10-14H,3-7,17H2,1-2H3. The number of hydrogen-bond donors (Lipinski definition) is 1. The molecule has 102 valence electrons. The summed E-state index contributed by atoms with van der Waals surface area (Å²) in [6.45, 7) is 4.03. The van der Waals surface area contributed by atoms with Gasteiger partial charge in [-0.3, -0.25) is 0 Å². The molecule has 1 aromatic rings. The molecule has 0 atom stereocenters. The van der Waals surface area contributed by atoms with E-state index >= 15 is 0 Å². The highest BCUT2D eigenvalue weighted by atomic mass is 14.9. The smallest absolute Gasteiger partial charge is 0.132 e. The molecule has 3 nitrogen and oxygen atoms in total. The monoisotopic (exact) mass is 257 g/mol. The van der Waals surface area contributed by atoms with E-state index in [1.165, 1.54) is 32.1 Å². The van der Waals surface area contributed by atoms with Crippen molar-refractivity contribution in [3.63, 3.8) is 0 Å². The maximum absolute atomic E-state index is 6.00. The summed E-state index contributed by atoms with van der Waals surface area (Å²) in [7, 11) is 0. The molecular weight excluding hydrogens is 234 g/mol. The largest absolute Gasteiger partial charge is 0.396 e. The Morgan fingerprint density at radius 3 is 1.79 bits per heavy atom. The van der Waals surface area contributed by atoms with Gasteiger partial charge in [-0.2, -0.15) is 0 Å². The molecule has 1 heterocycles. The molecule has 0 amide bonds. The minimum atomic E-state index is 0.616. The van der Waals surface area contributed by atoms with Crippen LogP contribution in [0.4, 0.5) is 5.69 Å². The first-order chi connectivity index (χ1) is 9.11. The molecule has 0 aromatic carbocycles. The predicted octanol–water partition coefficient (Wildman–Crippen LogP) is 3.22. The molecule has 3 heteroatoms. The van der Waals surface area contributed by atoms with E-state index in [9.17, 15) is 0 Å². The molecule has 0 saturated heterocycles. The molecule has 4 aliphatic rings. The Morgan fingerprint density at radius 1 is 0.842 bits per heavy atom. The highest BCUT2D eigenvalue weighted by Crippen LogP contribution is 2.59. The van der Waals surface area contributed by atoms with E-state index < -0.39 is 0 Å². The zero-order valence-corrected chi connectivity index (χ0v) is 11.9. The molecule has 0 aliphatic heterocycles. The summed E-state index contributed by atoms with van der Waals surface area (Å²) in [6.07, 6.45) is 7.18. The third-order valence-electron chi connectivity index (χ3n) is 5.87. The topological polar surface area (TPSA) is 51.8 Å². The number of nitrogens with zero attached hydrogens (tertiary/aromatic N) is 2. The Hall–Kier alpha value is -1.12. The minimum Gasteiger partial charge on any atom is -0.396 e. The van der Waals surface area contributed by atoms with Crippen molar-refractivity contribution in [2.45, 2.75) is 51.9 Å². The van der Waals surface area contributed by atoms with Gasteiger partial charge in [0, 0.05) is 5.92 Å². The van der Waals surface area contributed by atoms with Crippen LogP contribution in [0.3, 0.4) is 0 Å². The van der Waals surface area contributed by atoms with Gasteiger partial charge in [-0.15, -0.1) is 0 Å². The van der Waals surface area contributed by atoms with Gasteiger partial charge in [0.25, 0.3) is 0 Å². The first-order valence-corrected chi connectivity index (χ1v) is 7.72. The third-order valence-corrected chi connectivity index (χ3v) is 5.87. The van der Waals surface area contributed by atoms with Gasteiger partial charge in [0.15, 0.2) is 0 Å². The third kappa shape index (κ3) is 1.70. The van der Waals surface area contributed by atoms with Crippen LogP contribution >= 0.6 is 0 Å². The second-order valence-electron chi connectivity index (χ2n) is 7.12. The fraction of sp³-hybridized carbons (Fsp3) is 0.750. The van der Waals surface area contributed by atoms with Gasteiger partial charge in [-0.25, -0.2) is 9.97 Å². The average Bonchev–Trinajstić information content (AvgIpc) is 2.34. The number of nitrogen functional groups attached to an aromatic ring is 1. The molecule has 2 N–H and O–H groups in total. The minimum absolute atomic E-state index is 0.616.